The number of benzene rings is 4. The maximum atomic E-state index is 10.5. The van der Waals surface area contributed by atoms with Crippen molar-refractivity contribution in [2.24, 2.45) is 0 Å². The monoisotopic (exact) mass is 561 g/mol. The van der Waals surface area contributed by atoms with E-state index in [9.17, 15) is 5.11 Å². The summed E-state index contributed by atoms with van der Waals surface area (Å²) < 4.78 is 6.16. The number of fused-ring (bicyclic) bond motifs is 2. The molecular weight excluding hydrogens is 530 g/mol. The molecule has 0 bridgehead atoms. The van der Waals surface area contributed by atoms with Crippen molar-refractivity contribution in [3.8, 4) is 50.6 Å². The molecule has 0 aliphatic carbocycles. The van der Waals surface area contributed by atoms with Crippen LogP contribution in [0.1, 0.15) is 31.9 Å². The molecule has 7 rings (SSSR count). The number of hydrogen-bond donors (Lipinski definition) is 1. The fraction of sp³-hybridized carbons (Fsp3) is 0.132. The lowest BCUT2D eigenvalue weighted by atomic mass is 9.83. The first-order valence-corrected chi connectivity index (χ1v) is 14.4. The van der Waals surface area contributed by atoms with Gasteiger partial charge in [0, 0.05) is 35.1 Å². The number of nitrogens with zero attached hydrogens (tertiary/aromatic N) is 3. The van der Waals surface area contributed by atoms with E-state index in [1.165, 1.54) is 11.1 Å². The number of para-hydroxylation sites is 2. The minimum absolute atomic E-state index is 0.0392. The Morgan fingerprint density at radius 2 is 1.37 bits per heavy atom. The van der Waals surface area contributed by atoms with Crippen LogP contribution in [0.15, 0.2) is 114 Å². The Morgan fingerprint density at radius 1 is 0.651 bits per heavy atom. The van der Waals surface area contributed by atoms with Gasteiger partial charge in [-0.1, -0.05) is 45.0 Å². The van der Waals surface area contributed by atoms with E-state index in [0.717, 1.165) is 49.8 Å². The van der Waals surface area contributed by atoms with Crippen molar-refractivity contribution < 1.29 is 9.52 Å². The summed E-state index contributed by atoms with van der Waals surface area (Å²) in [5.74, 6) is 0.514. The molecule has 1 N–H and O–H groups in total. The average Bonchev–Trinajstić information content (AvgIpc) is 3.45. The summed E-state index contributed by atoms with van der Waals surface area (Å²) in [6.07, 6.45) is 5.53. The van der Waals surface area contributed by atoms with E-state index in [0.29, 0.717) is 17.0 Å². The molecule has 0 radical (unpaired) electrons. The highest BCUT2D eigenvalue weighted by molar-refractivity contribution is 5.99. The molecule has 43 heavy (non-hydrogen) atoms. The Hall–Kier alpha value is -5.29. The number of aryl methyl sites for hydroxylation is 1. The van der Waals surface area contributed by atoms with Crippen molar-refractivity contribution in [3.63, 3.8) is 0 Å². The summed E-state index contributed by atoms with van der Waals surface area (Å²) in [5, 5.41) is 11.6. The van der Waals surface area contributed by atoms with Crippen LogP contribution in [0.4, 0.5) is 0 Å². The number of aromatic hydroxyl groups is 1. The molecule has 0 atom stereocenters. The van der Waals surface area contributed by atoms with Gasteiger partial charge in [-0.15, -0.1) is 0 Å². The van der Waals surface area contributed by atoms with Gasteiger partial charge in [0.2, 0.25) is 5.89 Å². The first kappa shape index (κ1) is 26.6. The van der Waals surface area contributed by atoms with Gasteiger partial charge in [0.15, 0.2) is 5.58 Å². The predicted octanol–water partition coefficient (Wildman–Crippen LogP) is 9.75. The van der Waals surface area contributed by atoms with E-state index in [2.05, 4.69) is 75.1 Å². The topological polar surface area (TPSA) is 72.0 Å². The van der Waals surface area contributed by atoms with Gasteiger partial charge in [-0.25, -0.2) is 4.98 Å². The van der Waals surface area contributed by atoms with Crippen molar-refractivity contribution >= 4 is 22.0 Å². The van der Waals surface area contributed by atoms with Crippen LogP contribution >= 0.6 is 0 Å². The van der Waals surface area contributed by atoms with Crippen LogP contribution in [0.5, 0.6) is 5.75 Å². The van der Waals surface area contributed by atoms with E-state index in [-0.39, 0.29) is 11.2 Å². The Morgan fingerprint density at radius 3 is 2.14 bits per heavy atom. The predicted molar refractivity (Wildman–Crippen MR) is 174 cm³/mol. The van der Waals surface area contributed by atoms with Gasteiger partial charge in [-0.05, 0) is 112 Å². The first-order chi connectivity index (χ1) is 20.8. The summed E-state index contributed by atoms with van der Waals surface area (Å²) in [5.41, 5.74) is 11.6. The van der Waals surface area contributed by atoms with Crippen LogP contribution in [0.25, 0.3) is 66.8 Å². The zero-order chi connectivity index (χ0) is 29.7. The number of aromatic nitrogens is 3. The van der Waals surface area contributed by atoms with Crippen LogP contribution in [-0.4, -0.2) is 20.1 Å². The summed E-state index contributed by atoms with van der Waals surface area (Å²) in [6, 6.07) is 30.4. The number of rotatable bonds is 4. The van der Waals surface area contributed by atoms with Crippen molar-refractivity contribution in [2.75, 3.05) is 0 Å². The third-order valence-electron chi connectivity index (χ3n) is 8.05. The largest absolute Gasteiger partial charge is 0.507 e. The second-order valence-corrected chi connectivity index (χ2v) is 12.0. The number of phenols is 1. The normalized spacial score (nSPS) is 11.8. The zero-order valence-corrected chi connectivity index (χ0v) is 24.6. The summed E-state index contributed by atoms with van der Waals surface area (Å²) >= 11 is 0. The molecule has 7 aromatic rings. The summed E-state index contributed by atoms with van der Waals surface area (Å²) in [4.78, 5) is 14.0. The van der Waals surface area contributed by atoms with E-state index < -0.39 is 0 Å². The summed E-state index contributed by atoms with van der Waals surface area (Å²) in [6.45, 7) is 8.88. The van der Waals surface area contributed by atoms with Gasteiger partial charge in [-0.2, -0.15) is 0 Å². The Labute approximate surface area is 250 Å². The molecule has 4 aromatic carbocycles. The van der Waals surface area contributed by atoms with Crippen LogP contribution in [0.3, 0.4) is 0 Å². The molecule has 0 saturated heterocycles. The van der Waals surface area contributed by atoms with Crippen molar-refractivity contribution in [3.05, 3.63) is 121 Å². The molecule has 0 unspecified atom stereocenters. The molecule has 0 saturated carbocycles. The minimum Gasteiger partial charge on any atom is -0.507 e. The quantitative estimate of drug-likeness (QED) is 0.232. The molecule has 5 nitrogen and oxygen atoms in total. The zero-order valence-electron chi connectivity index (χ0n) is 24.6. The summed E-state index contributed by atoms with van der Waals surface area (Å²) in [7, 11) is 0. The molecule has 0 amide bonds. The van der Waals surface area contributed by atoms with Gasteiger partial charge < -0.3 is 9.52 Å². The number of pyridine rings is 2. The third-order valence-corrected chi connectivity index (χ3v) is 8.05. The fourth-order valence-electron chi connectivity index (χ4n) is 5.64. The van der Waals surface area contributed by atoms with Crippen molar-refractivity contribution in [2.45, 2.75) is 33.1 Å². The fourth-order valence-corrected chi connectivity index (χ4v) is 5.64. The second-order valence-electron chi connectivity index (χ2n) is 12.0. The van der Waals surface area contributed by atoms with Gasteiger partial charge in [-0.3, -0.25) is 9.97 Å². The van der Waals surface area contributed by atoms with Crippen LogP contribution in [0.2, 0.25) is 0 Å². The molecule has 210 valence electrons. The number of oxazole rings is 1. The van der Waals surface area contributed by atoms with Gasteiger partial charge in [0.25, 0.3) is 0 Å². The van der Waals surface area contributed by atoms with Crippen molar-refractivity contribution in [1.29, 1.82) is 0 Å². The molecule has 0 fully saturated rings. The first-order valence-electron chi connectivity index (χ1n) is 14.4. The molecule has 3 aromatic heterocycles. The highest BCUT2D eigenvalue weighted by atomic mass is 16.3. The number of hydrogen-bond acceptors (Lipinski definition) is 5. The minimum atomic E-state index is -0.0392. The maximum Gasteiger partial charge on any atom is 0.231 e. The van der Waals surface area contributed by atoms with E-state index >= 15 is 0 Å². The highest BCUT2D eigenvalue weighted by Crippen LogP contribution is 2.41. The molecule has 5 heteroatoms. The van der Waals surface area contributed by atoms with E-state index in [4.69, 9.17) is 14.4 Å². The lowest BCUT2D eigenvalue weighted by molar-refractivity contribution is 0.474. The van der Waals surface area contributed by atoms with Gasteiger partial charge >= 0.3 is 0 Å². The van der Waals surface area contributed by atoms with Crippen molar-refractivity contribution in [1.82, 2.24) is 15.0 Å². The second kappa shape index (κ2) is 10.2. The van der Waals surface area contributed by atoms with Crippen LogP contribution < -0.4 is 0 Å². The molecule has 0 aliphatic rings. The lowest BCUT2D eigenvalue weighted by Crippen LogP contribution is -2.11. The van der Waals surface area contributed by atoms with Gasteiger partial charge in [0.1, 0.15) is 11.3 Å². The Balaban J connectivity index is 1.51. The smallest absolute Gasteiger partial charge is 0.231 e. The molecule has 3 heterocycles. The number of phenolic OH excluding ortho intramolecular Hbond substituents is 1. The Bertz CT molecular complexity index is 2140. The molecule has 0 aliphatic heterocycles. The third kappa shape index (κ3) is 4.83. The van der Waals surface area contributed by atoms with Crippen LogP contribution in [0, 0.1) is 6.92 Å². The molecule has 0 spiro atoms. The molecular formula is C38H31N3O2. The van der Waals surface area contributed by atoms with E-state index in [1.54, 1.807) is 12.1 Å². The Kier molecular flexibility index (Phi) is 6.32. The standard InChI is InChI=1S/C38H31N3O2/c1-23-12-17-40-35-31(23)21-28(38(2,3)4)22-32(35)27-19-25(24-13-15-39-16-14-24)18-26(20-27)29-9-7-11-34-36(29)41-37(43-34)30-8-5-6-10-33(30)42/h5-22,42H,1-4H3. The SMILES string of the molecule is Cc1ccnc2c(-c3cc(-c4ccncc4)cc(-c4cccc5oc(-c6ccccc6O)nc45)c3)cc(C(C)(C)C)cc12. The highest BCUT2D eigenvalue weighted by Gasteiger charge is 2.20. The maximum absolute atomic E-state index is 10.5. The van der Waals surface area contributed by atoms with Gasteiger partial charge in [0.05, 0.1) is 11.1 Å². The van der Waals surface area contributed by atoms with E-state index in [1.807, 2.05) is 55.0 Å². The average molecular weight is 562 g/mol. The van der Waals surface area contributed by atoms with Crippen LogP contribution in [-0.2, 0) is 5.41 Å². The lowest BCUT2D eigenvalue weighted by Gasteiger charge is -2.22.